The molecule has 16 heteroatoms. The molecule has 282 valence electrons. The molecule has 0 saturated carbocycles. The fourth-order valence-corrected chi connectivity index (χ4v) is 6.13. The van der Waals surface area contributed by atoms with Gasteiger partial charge in [0.2, 0.25) is 23.6 Å². The smallest absolute Gasteiger partial charge is 0.407 e. The predicted molar refractivity (Wildman–Crippen MR) is 190 cm³/mol. The van der Waals surface area contributed by atoms with Crippen LogP contribution < -0.4 is 21.3 Å². The lowest BCUT2D eigenvalue weighted by Gasteiger charge is -2.27. The van der Waals surface area contributed by atoms with Crippen molar-refractivity contribution in [2.45, 2.75) is 51.0 Å². The maximum absolute atomic E-state index is 13.1. The van der Waals surface area contributed by atoms with Crippen molar-refractivity contribution in [1.82, 2.24) is 20.4 Å². The highest BCUT2D eigenvalue weighted by molar-refractivity contribution is 5.95. The first-order chi connectivity index (χ1) is 24.9. The molecule has 0 aromatic heterocycles. The van der Waals surface area contributed by atoms with Gasteiger partial charge in [-0.2, -0.15) is 0 Å². The zero-order chi connectivity index (χ0) is 37.9. The summed E-state index contributed by atoms with van der Waals surface area (Å²) in [5.41, 5.74) is 3.01. The molecule has 2 heterocycles. The molecule has 2 fully saturated rings. The average Bonchev–Trinajstić information content (AvgIpc) is 3.87. The number of carbonyl (C=O) groups excluding carboxylic acids is 6. The Morgan fingerprint density at radius 2 is 0.942 bits per heavy atom. The highest BCUT2D eigenvalue weighted by atomic mass is 16.5. The van der Waals surface area contributed by atoms with Crippen LogP contribution in [0.3, 0.4) is 0 Å². The van der Waals surface area contributed by atoms with Crippen LogP contribution >= 0.6 is 0 Å². The van der Waals surface area contributed by atoms with Gasteiger partial charge >= 0.3 is 12.2 Å². The Hall–Kier alpha value is -5.22. The fourth-order valence-electron chi connectivity index (χ4n) is 6.13. The summed E-state index contributed by atoms with van der Waals surface area (Å²) in [5.74, 6) is -1.96. The molecule has 2 saturated heterocycles. The normalized spacial score (nSPS) is 19.1. The molecular weight excluding hydrogens is 676 g/mol. The second kappa shape index (κ2) is 18.3. The minimum atomic E-state index is -0.949. The third-order valence-electron chi connectivity index (χ3n) is 9.51. The van der Waals surface area contributed by atoms with Crippen molar-refractivity contribution in [1.29, 1.82) is 0 Å². The lowest BCUT2D eigenvalue weighted by molar-refractivity contribution is -0.136. The van der Waals surface area contributed by atoms with Crippen LogP contribution in [-0.4, -0.2) is 125 Å². The average molecular weight is 725 g/mol. The van der Waals surface area contributed by atoms with Crippen molar-refractivity contribution in [2.24, 2.45) is 11.8 Å². The lowest BCUT2D eigenvalue weighted by Crippen LogP contribution is -2.53. The van der Waals surface area contributed by atoms with Crippen molar-refractivity contribution < 1.29 is 47.7 Å². The molecule has 4 rings (SSSR count). The van der Waals surface area contributed by atoms with E-state index >= 15 is 0 Å². The van der Waals surface area contributed by atoms with Gasteiger partial charge in [-0.05, 0) is 62.1 Å². The van der Waals surface area contributed by atoms with Crippen LogP contribution in [0.1, 0.15) is 26.7 Å². The minimum absolute atomic E-state index is 0.210. The van der Waals surface area contributed by atoms with Gasteiger partial charge in [0, 0.05) is 51.8 Å². The first-order valence-electron chi connectivity index (χ1n) is 17.0. The topological polar surface area (TPSA) is 194 Å². The third kappa shape index (κ3) is 9.97. The number of hydrogen-bond donors (Lipinski definition) is 4. The third-order valence-corrected chi connectivity index (χ3v) is 9.51. The van der Waals surface area contributed by atoms with Crippen LogP contribution in [0.15, 0.2) is 48.5 Å². The van der Waals surface area contributed by atoms with E-state index in [1.54, 1.807) is 47.9 Å². The van der Waals surface area contributed by atoms with E-state index in [1.807, 2.05) is 24.3 Å². The molecular formula is C36H48N6O10. The van der Waals surface area contributed by atoms with Gasteiger partial charge in [-0.25, -0.2) is 9.59 Å². The number of rotatable bonds is 13. The van der Waals surface area contributed by atoms with E-state index < -0.39 is 48.3 Å². The SMILES string of the molecule is COC(=O)N[C@H](C(=O)N1CC[C@H](C(=O)Nc2ccc(-c3ccc(NC(=O)[C@@H]4CCN(C(=O)[C@H](NC(=O)OC)[C@H](C)OC)C4)cc3)cc2)C1)[C@@H](C)OC. The Balaban J connectivity index is 1.27. The van der Waals surface area contributed by atoms with Crippen molar-refractivity contribution in [2.75, 3.05) is 65.3 Å². The van der Waals surface area contributed by atoms with Gasteiger partial charge in [-0.15, -0.1) is 0 Å². The number of benzene rings is 2. The zero-order valence-electron chi connectivity index (χ0n) is 30.3. The summed E-state index contributed by atoms with van der Waals surface area (Å²) in [6.45, 7) is 4.49. The van der Waals surface area contributed by atoms with Crippen LogP contribution in [0.4, 0.5) is 21.0 Å². The Morgan fingerprint density at radius 3 is 1.25 bits per heavy atom. The minimum Gasteiger partial charge on any atom is -0.453 e. The quantitative estimate of drug-likeness (QED) is 0.239. The van der Waals surface area contributed by atoms with Crippen LogP contribution in [-0.2, 0) is 38.1 Å². The monoisotopic (exact) mass is 724 g/mol. The van der Waals surface area contributed by atoms with E-state index in [9.17, 15) is 28.8 Å². The van der Waals surface area contributed by atoms with Crippen molar-refractivity contribution in [3.8, 4) is 11.1 Å². The summed E-state index contributed by atoms with van der Waals surface area (Å²) in [4.78, 5) is 79.1. The van der Waals surface area contributed by atoms with Gasteiger partial charge in [0.15, 0.2) is 0 Å². The maximum atomic E-state index is 13.1. The number of alkyl carbamates (subject to hydrolysis) is 2. The highest BCUT2D eigenvalue weighted by Gasteiger charge is 2.38. The number of ether oxygens (including phenoxy) is 4. The molecule has 2 aliphatic rings. The largest absolute Gasteiger partial charge is 0.453 e. The summed E-state index contributed by atoms with van der Waals surface area (Å²) in [6, 6.07) is 12.8. The molecule has 2 aliphatic heterocycles. The second-order valence-corrected chi connectivity index (χ2v) is 12.8. The van der Waals surface area contributed by atoms with Crippen LogP contribution in [0.2, 0.25) is 0 Å². The van der Waals surface area contributed by atoms with E-state index in [4.69, 9.17) is 9.47 Å². The zero-order valence-corrected chi connectivity index (χ0v) is 30.3. The second-order valence-electron chi connectivity index (χ2n) is 12.8. The Labute approximate surface area is 302 Å². The van der Waals surface area contributed by atoms with E-state index in [-0.39, 0.29) is 36.7 Å². The summed E-state index contributed by atoms with van der Waals surface area (Å²) < 4.78 is 19.8. The molecule has 52 heavy (non-hydrogen) atoms. The van der Waals surface area contributed by atoms with Crippen molar-refractivity contribution >= 4 is 47.2 Å². The molecule has 16 nitrogen and oxygen atoms in total. The Morgan fingerprint density at radius 1 is 0.596 bits per heavy atom. The van der Waals surface area contributed by atoms with E-state index in [0.29, 0.717) is 37.3 Å². The molecule has 6 amide bonds. The maximum Gasteiger partial charge on any atom is 0.407 e. The summed E-state index contributed by atoms with van der Waals surface area (Å²) in [5, 5.41) is 10.9. The summed E-state index contributed by atoms with van der Waals surface area (Å²) in [7, 11) is 5.31. The molecule has 2 aromatic rings. The van der Waals surface area contributed by atoms with Gasteiger partial charge in [0.1, 0.15) is 12.1 Å². The van der Waals surface area contributed by atoms with Gasteiger partial charge < -0.3 is 50.0 Å². The number of anilines is 2. The van der Waals surface area contributed by atoms with Crippen molar-refractivity contribution in [3.05, 3.63) is 48.5 Å². The number of likely N-dealkylation sites (tertiary alicyclic amines) is 2. The van der Waals surface area contributed by atoms with E-state index in [0.717, 1.165) is 11.1 Å². The van der Waals surface area contributed by atoms with Gasteiger partial charge in [-0.3, -0.25) is 19.2 Å². The number of hydrogen-bond acceptors (Lipinski definition) is 10. The number of nitrogens with zero attached hydrogens (tertiary/aromatic N) is 2. The number of amides is 6. The highest BCUT2D eigenvalue weighted by Crippen LogP contribution is 2.26. The molecule has 4 N–H and O–H groups in total. The molecule has 0 bridgehead atoms. The molecule has 2 aromatic carbocycles. The van der Waals surface area contributed by atoms with Crippen LogP contribution in [0.25, 0.3) is 11.1 Å². The number of methoxy groups -OCH3 is 4. The van der Waals surface area contributed by atoms with Gasteiger partial charge in [0.05, 0.1) is 38.3 Å². The molecule has 6 atom stereocenters. The van der Waals surface area contributed by atoms with Crippen LogP contribution in [0.5, 0.6) is 0 Å². The molecule has 0 spiro atoms. The first kappa shape index (κ1) is 39.6. The molecule has 0 radical (unpaired) electrons. The number of carbonyl (C=O) groups is 6. The number of nitrogens with one attached hydrogen (secondary N) is 4. The molecule has 0 aliphatic carbocycles. The summed E-state index contributed by atoms with van der Waals surface area (Å²) >= 11 is 0. The van der Waals surface area contributed by atoms with E-state index in [2.05, 4.69) is 30.7 Å². The van der Waals surface area contributed by atoms with Crippen molar-refractivity contribution in [3.63, 3.8) is 0 Å². The fraction of sp³-hybridized carbons (Fsp3) is 0.500. The Bertz CT molecular complexity index is 1470. The first-order valence-corrected chi connectivity index (χ1v) is 17.0. The summed E-state index contributed by atoms with van der Waals surface area (Å²) in [6.07, 6.45) is -1.73. The standard InChI is InChI=1S/C36H48N6O10/c1-21(49-3)29(39-35(47)51-5)33(45)41-17-15-25(19-41)31(43)37-27-11-7-23(8-12-27)24-9-13-28(14-10-24)38-32(44)26-16-18-42(20-26)34(46)30(22(2)50-4)40-36(48)52-6/h7-14,21-22,25-26,29-30H,15-20H2,1-6H3,(H,37,43)(H,38,44)(H,39,47)(H,40,48)/t21-,22+,25+,26-,29+,30-. The van der Waals surface area contributed by atoms with Gasteiger partial charge in [0.25, 0.3) is 0 Å². The predicted octanol–water partition coefficient (Wildman–Crippen LogP) is 2.45. The van der Waals surface area contributed by atoms with Gasteiger partial charge in [-0.1, -0.05) is 24.3 Å². The molecule has 0 unspecified atom stereocenters. The van der Waals surface area contributed by atoms with Crippen LogP contribution in [0, 0.1) is 11.8 Å². The Kier molecular flexibility index (Phi) is 13.9. The van der Waals surface area contributed by atoms with E-state index in [1.165, 1.54) is 28.4 Å². The lowest BCUT2D eigenvalue weighted by atomic mass is 10.0.